The number of thioether (sulfide) groups is 1. The maximum atomic E-state index is 12.9. The lowest BCUT2D eigenvalue weighted by Crippen LogP contribution is -2.24. The molecular weight excluding hydrogens is 430 g/mol. The summed E-state index contributed by atoms with van der Waals surface area (Å²) in [7, 11) is 0. The highest BCUT2D eigenvalue weighted by molar-refractivity contribution is 8.00. The van der Waals surface area contributed by atoms with Crippen molar-refractivity contribution in [1.29, 1.82) is 0 Å². The number of hydrogen-bond donors (Lipinski definition) is 1. The maximum absolute atomic E-state index is 12.9. The van der Waals surface area contributed by atoms with E-state index in [2.05, 4.69) is 26.5 Å². The molecule has 0 bridgehead atoms. The topological polar surface area (TPSA) is 63.1 Å². The van der Waals surface area contributed by atoms with Crippen LogP contribution in [0.3, 0.4) is 0 Å². The second-order valence-electron chi connectivity index (χ2n) is 7.83. The molecule has 4 rings (SSSR count). The van der Waals surface area contributed by atoms with E-state index >= 15 is 0 Å². The van der Waals surface area contributed by atoms with Crippen molar-refractivity contribution in [3.63, 3.8) is 0 Å². The molecule has 31 heavy (non-hydrogen) atoms. The van der Waals surface area contributed by atoms with Crippen molar-refractivity contribution in [2.45, 2.75) is 44.0 Å². The summed E-state index contributed by atoms with van der Waals surface area (Å²) in [4.78, 5) is 15.1. The van der Waals surface area contributed by atoms with Crippen LogP contribution in [0, 0.1) is 13.8 Å². The first-order valence-corrected chi connectivity index (χ1v) is 11.7. The van der Waals surface area contributed by atoms with E-state index in [0.29, 0.717) is 10.2 Å². The summed E-state index contributed by atoms with van der Waals surface area (Å²) in [5.74, 6) is 0.698. The van der Waals surface area contributed by atoms with Crippen LogP contribution in [0.5, 0.6) is 0 Å². The van der Waals surface area contributed by atoms with Gasteiger partial charge in [0, 0.05) is 18.8 Å². The van der Waals surface area contributed by atoms with Crippen molar-refractivity contribution in [3.05, 3.63) is 58.6 Å². The number of nitrogens with zero attached hydrogens (tertiary/aromatic N) is 4. The van der Waals surface area contributed by atoms with Gasteiger partial charge in [0.2, 0.25) is 11.9 Å². The summed E-state index contributed by atoms with van der Waals surface area (Å²) in [5.41, 5.74) is 3.86. The molecule has 1 aliphatic rings. The SMILES string of the molecule is Cc1ccc(NC(=O)C(C)Sc2nnc(N3CCCC3)n2-c2ccccc2Cl)c(C)c1. The third-order valence-electron chi connectivity index (χ3n) is 5.39. The van der Waals surface area contributed by atoms with Gasteiger partial charge in [0.05, 0.1) is 16.0 Å². The molecule has 2 aromatic carbocycles. The Morgan fingerprint density at radius 1 is 1.13 bits per heavy atom. The number of aryl methyl sites for hydroxylation is 2. The minimum atomic E-state index is -0.363. The van der Waals surface area contributed by atoms with Crippen molar-refractivity contribution >= 4 is 40.9 Å². The lowest BCUT2D eigenvalue weighted by Gasteiger charge is -2.20. The Labute approximate surface area is 192 Å². The molecule has 1 aliphatic heterocycles. The standard InChI is InChI=1S/C23H26ClN5OS/c1-15-10-11-19(16(2)14-15)25-21(30)17(3)31-23-27-26-22(28-12-6-7-13-28)29(23)20-9-5-4-8-18(20)24/h4-5,8-11,14,17H,6-7,12-13H2,1-3H3,(H,25,30). The number of amides is 1. The zero-order valence-corrected chi connectivity index (χ0v) is 19.5. The van der Waals surface area contributed by atoms with E-state index in [-0.39, 0.29) is 11.2 Å². The molecule has 3 aromatic rings. The summed E-state index contributed by atoms with van der Waals surface area (Å²) in [6.45, 7) is 7.80. The number of carbonyl (C=O) groups is 1. The van der Waals surface area contributed by atoms with Gasteiger partial charge in [-0.25, -0.2) is 0 Å². The minimum absolute atomic E-state index is 0.0756. The quantitative estimate of drug-likeness (QED) is 0.514. The number of benzene rings is 2. The molecule has 8 heteroatoms. The molecular formula is C23H26ClN5OS. The van der Waals surface area contributed by atoms with Crippen molar-refractivity contribution < 1.29 is 4.79 Å². The van der Waals surface area contributed by atoms with Crippen LogP contribution in [-0.4, -0.2) is 39.0 Å². The van der Waals surface area contributed by atoms with Crippen LogP contribution in [0.15, 0.2) is 47.6 Å². The fourth-order valence-electron chi connectivity index (χ4n) is 3.70. The second kappa shape index (κ2) is 9.32. The second-order valence-corrected chi connectivity index (χ2v) is 9.55. The lowest BCUT2D eigenvalue weighted by atomic mass is 10.1. The molecule has 1 amide bonds. The molecule has 0 radical (unpaired) electrons. The highest BCUT2D eigenvalue weighted by Gasteiger charge is 2.26. The number of para-hydroxylation sites is 1. The molecule has 0 spiro atoms. The van der Waals surface area contributed by atoms with Crippen molar-refractivity contribution in [3.8, 4) is 5.69 Å². The number of halogens is 1. The van der Waals surface area contributed by atoms with E-state index < -0.39 is 0 Å². The molecule has 6 nitrogen and oxygen atoms in total. The summed E-state index contributed by atoms with van der Waals surface area (Å²) in [6, 6.07) is 13.7. The molecule has 1 saturated heterocycles. The molecule has 1 aromatic heterocycles. The molecule has 2 heterocycles. The van der Waals surface area contributed by atoms with Gasteiger partial charge in [-0.1, -0.05) is 53.2 Å². The predicted molar refractivity (Wildman–Crippen MR) is 128 cm³/mol. The highest BCUT2D eigenvalue weighted by atomic mass is 35.5. The Morgan fingerprint density at radius 3 is 2.58 bits per heavy atom. The van der Waals surface area contributed by atoms with E-state index in [0.717, 1.165) is 48.8 Å². The Morgan fingerprint density at radius 2 is 1.87 bits per heavy atom. The van der Waals surface area contributed by atoms with Crippen molar-refractivity contribution in [1.82, 2.24) is 14.8 Å². The first kappa shape index (κ1) is 21.7. The fourth-order valence-corrected chi connectivity index (χ4v) is 4.78. The van der Waals surface area contributed by atoms with Crippen LogP contribution >= 0.6 is 23.4 Å². The number of hydrogen-bond acceptors (Lipinski definition) is 5. The van der Waals surface area contributed by atoms with Crippen molar-refractivity contribution in [2.75, 3.05) is 23.3 Å². The minimum Gasteiger partial charge on any atom is -0.341 e. The summed E-state index contributed by atoms with van der Waals surface area (Å²) in [5, 5.41) is 12.8. The number of nitrogens with one attached hydrogen (secondary N) is 1. The largest absolute Gasteiger partial charge is 0.341 e. The summed E-state index contributed by atoms with van der Waals surface area (Å²) >= 11 is 7.90. The Hall–Kier alpha value is -2.51. The van der Waals surface area contributed by atoms with E-state index in [1.54, 1.807) is 0 Å². The molecule has 162 valence electrons. The Kier molecular flexibility index (Phi) is 6.53. The highest BCUT2D eigenvalue weighted by Crippen LogP contribution is 2.33. The number of rotatable bonds is 6. The monoisotopic (exact) mass is 455 g/mol. The number of anilines is 2. The van der Waals surface area contributed by atoms with E-state index in [1.165, 1.54) is 17.3 Å². The van der Waals surface area contributed by atoms with E-state index in [9.17, 15) is 4.79 Å². The van der Waals surface area contributed by atoms with Crippen LogP contribution in [0.25, 0.3) is 5.69 Å². The molecule has 0 aliphatic carbocycles. The molecule has 1 atom stereocenters. The summed E-state index contributed by atoms with van der Waals surface area (Å²) in [6.07, 6.45) is 2.26. The average Bonchev–Trinajstić information content (AvgIpc) is 3.40. The van der Waals surface area contributed by atoms with Gasteiger partial charge in [0.25, 0.3) is 0 Å². The Balaban J connectivity index is 1.60. The van der Waals surface area contributed by atoms with Gasteiger partial charge in [-0.05, 0) is 57.4 Å². The first-order valence-electron chi connectivity index (χ1n) is 10.4. The van der Waals surface area contributed by atoms with Gasteiger partial charge in [0.15, 0.2) is 5.16 Å². The van der Waals surface area contributed by atoms with Gasteiger partial charge in [-0.15, -0.1) is 10.2 Å². The van der Waals surface area contributed by atoms with Gasteiger partial charge >= 0.3 is 0 Å². The predicted octanol–water partition coefficient (Wildman–Crippen LogP) is 5.26. The van der Waals surface area contributed by atoms with Crippen LogP contribution < -0.4 is 10.2 Å². The normalized spacial score (nSPS) is 14.6. The van der Waals surface area contributed by atoms with Crippen molar-refractivity contribution in [2.24, 2.45) is 0 Å². The van der Waals surface area contributed by atoms with Crippen LogP contribution in [-0.2, 0) is 4.79 Å². The molecule has 1 fully saturated rings. The van der Waals surface area contributed by atoms with E-state index in [1.807, 2.05) is 61.7 Å². The zero-order valence-electron chi connectivity index (χ0n) is 17.9. The smallest absolute Gasteiger partial charge is 0.237 e. The number of aromatic nitrogens is 3. The van der Waals surface area contributed by atoms with Gasteiger partial charge in [0.1, 0.15) is 0 Å². The Bertz CT molecular complexity index is 1090. The van der Waals surface area contributed by atoms with Crippen LogP contribution in [0.4, 0.5) is 11.6 Å². The van der Waals surface area contributed by atoms with Gasteiger partial charge in [-0.2, -0.15) is 0 Å². The third-order valence-corrected chi connectivity index (χ3v) is 6.75. The van der Waals surface area contributed by atoms with Gasteiger partial charge < -0.3 is 10.2 Å². The summed E-state index contributed by atoms with van der Waals surface area (Å²) < 4.78 is 1.97. The maximum Gasteiger partial charge on any atom is 0.237 e. The number of carbonyl (C=O) groups excluding carboxylic acids is 1. The third kappa shape index (κ3) is 4.72. The molecule has 1 unspecified atom stereocenters. The van der Waals surface area contributed by atoms with Gasteiger partial charge in [-0.3, -0.25) is 9.36 Å². The zero-order chi connectivity index (χ0) is 22.0. The first-order chi connectivity index (χ1) is 14.9. The fraction of sp³-hybridized carbons (Fsp3) is 0.348. The van der Waals surface area contributed by atoms with Crippen LogP contribution in [0.2, 0.25) is 5.02 Å². The van der Waals surface area contributed by atoms with Crippen LogP contribution in [0.1, 0.15) is 30.9 Å². The average molecular weight is 456 g/mol. The van der Waals surface area contributed by atoms with E-state index in [4.69, 9.17) is 11.6 Å². The molecule has 1 N–H and O–H groups in total. The molecule has 0 saturated carbocycles. The lowest BCUT2D eigenvalue weighted by molar-refractivity contribution is -0.115.